The summed E-state index contributed by atoms with van der Waals surface area (Å²) in [5.74, 6) is 0.393. The minimum Gasteiger partial charge on any atom is -0.352 e. The highest BCUT2D eigenvalue weighted by atomic mass is 35.5. The van der Waals surface area contributed by atoms with E-state index >= 15 is 0 Å². The smallest absolute Gasteiger partial charge is 0.253 e. The molecule has 1 saturated heterocycles. The number of alkyl halides is 1. The summed E-state index contributed by atoms with van der Waals surface area (Å²) in [7, 11) is 0. The van der Waals surface area contributed by atoms with Crippen LogP contribution in [0.4, 0.5) is 0 Å². The Morgan fingerprint density at radius 1 is 1.16 bits per heavy atom. The molecule has 0 aliphatic carbocycles. The number of carbonyl (C=O) groups excluding carboxylic acids is 2. The second-order valence-electron chi connectivity index (χ2n) is 10.5. The maximum Gasteiger partial charge on any atom is 0.253 e. The average Bonchev–Trinajstić information content (AvgIpc) is 3.37. The first-order valence-corrected chi connectivity index (χ1v) is 14.4. The van der Waals surface area contributed by atoms with Crippen molar-refractivity contribution in [2.75, 3.05) is 19.0 Å². The Labute approximate surface area is 233 Å². The Balaban J connectivity index is 1.46. The van der Waals surface area contributed by atoms with Crippen LogP contribution in [-0.2, 0) is 10.2 Å². The van der Waals surface area contributed by atoms with E-state index in [1.54, 1.807) is 22.3 Å². The van der Waals surface area contributed by atoms with Gasteiger partial charge < -0.3 is 10.2 Å². The molecule has 1 N–H and O–H groups in total. The van der Waals surface area contributed by atoms with Crippen molar-refractivity contribution in [1.82, 2.24) is 15.2 Å². The lowest BCUT2D eigenvalue weighted by molar-refractivity contribution is -0.122. The van der Waals surface area contributed by atoms with Crippen molar-refractivity contribution in [3.63, 3.8) is 0 Å². The lowest BCUT2D eigenvalue weighted by Crippen LogP contribution is -2.49. The molecule has 2 aromatic heterocycles. The molecule has 1 aromatic carbocycles. The molecule has 5 nitrogen and oxygen atoms in total. The van der Waals surface area contributed by atoms with Crippen LogP contribution >= 0.6 is 34.5 Å². The number of pyridine rings is 1. The van der Waals surface area contributed by atoms with Gasteiger partial charge in [-0.1, -0.05) is 38.4 Å². The summed E-state index contributed by atoms with van der Waals surface area (Å²) in [6.07, 6.45) is 4.64. The highest BCUT2D eigenvalue weighted by molar-refractivity contribution is 7.14. The zero-order valence-corrected chi connectivity index (χ0v) is 23.8. The molecule has 3 aromatic rings. The average molecular weight is 559 g/mol. The van der Waals surface area contributed by atoms with Crippen LogP contribution in [0.3, 0.4) is 0 Å². The highest BCUT2D eigenvalue weighted by Gasteiger charge is 2.26. The fraction of sp³-hybridized carbons (Fsp3) is 0.414. The Kier molecular flexibility index (Phi) is 8.94. The standard InChI is InChI=1S/C29H33Cl2N3O2S/c1-29(2,3)26-16-19(10-12-32-26)21-15-25(37-18-21)23-9-8-20(14-24(23)31)28(36)34-13-5-6-22(17-34)33-27(35)7-4-11-30/h8-10,12,14-16,18,22H,4-7,11,13,17H2,1-3H3,(H,33,35)/t22-/m1/s1. The number of thiophene rings is 1. The van der Waals surface area contributed by atoms with E-state index in [1.165, 1.54) is 0 Å². The van der Waals surface area contributed by atoms with Gasteiger partial charge in [0.1, 0.15) is 0 Å². The van der Waals surface area contributed by atoms with E-state index < -0.39 is 0 Å². The normalized spacial score (nSPS) is 16.0. The Morgan fingerprint density at radius 2 is 1.97 bits per heavy atom. The molecule has 37 heavy (non-hydrogen) atoms. The first kappa shape index (κ1) is 27.6. The van der Waals surface area contributed by atoms with Gasteiger partial charge in [-0.2, -0.15) is 0 Å². The summed E-state index contributed by atoms with van der Waals surface area (Å²) >= 11 is 14.0. The molecule has 3 heterocycles. The number of piperidine rings is 1. The zero-order valence-electron chi connectivity index (χ0n) is 21.5. The van der Waals surface area contributed by atoms with Crippen LogP contribution in [0.1, 0.15) is 62.5 Å². The fourth-order valence-corrected chi connectivity index (χ4v) is 5.92. The molecule has 8 heteroatoms. The van der Waals surface area contributed by atoms with Crippen molar-refractivity contribution in [3.8, 4) is 21.6 Å². The maximum absolute atomic E-state index is 13.2. The number of carbonyl (C=O) groups is 2. The van der Waals surface area contributed by atoms with Gasteiger partial charge in [-0.25, -0.2) is 0 Å². The zero-order chi connectivity index (χ0) is 26.6. The molecule has 0 bridgehead atoms. The topological polar surface area (TPSA) is 62.3 Å². The number of aromatic nitrogens is 1. The van der Waals surface area contributed by atoms with Gasteiger partial charge in [-0.05, 0) is 66.1 Å². The number of hydrogen-bond acceptors (Lipinski definition) is 4. The molecule has 2 amide bonds. The Morgan fingerprint density at radius 3 is 2.70 bits per heavy atom. The molecule has 196 valence electrons. The van der Waals surface area contributed by atoms with E-state index in [0.717, 1.165) is 40.1 Å². The minimum atomic E-state index is -0.0634. The van der Waals surface area contributed by atoms with Gasteiger partial charge >= 0.3 is 0 Å². The monoisotopic (exact) mass is 557 g/mol. The van der Waals surface area contributed by atoms with E-state index in [1.807, 2.05) is 24.4 Å². The lowest BCUT2D eigenvalue weighted by Gasteiger charge is -2.33. The van der Waals surface area contributed by atoms with E-state index in [2.05, 4.69) is 48.6 Å². The summed E-state index contributed by atoms with van der Waals surface area (Å²) in [6, 6.07) is 11.8. The molecule has 0 saturated carbocycles. The van der Waals surface area contributed by atoms with E-state index in [0.29, 0.717) is 42.4 Å². The van der Waals surface area contributed by atoms with E-state index in [4.69, 9.17) is 23.2 Å². The van der Waals surface area contributed by atoms with Crippen molar-refractivity contribution >= 4 is 46.4 Å². The van der Waals surface area contributed by atoms with Crippen LogP contribution in [0.25, 0.3) is 21.6 Å². The summed E-state index contributed by atoms with van der Waals surface area (Å²) in [4.78, 5) is 32.7. The number of nitrogens with one attached hydrogen (secondary N) is 1. The molecule has 0 unspecified atom stereocenters. The number of rotatable bonds is 7. The quantitative estimate of drug-likeness (QED) is 0.313. The van der Waals surface area contributed by atoms with Crippen LogP contribution < -0.4 is 5.32 Å². The largest absolute Gasteiger partial charge is 0.352 e. The predicted molar refractivity (Wildman–Crippen MR) is 154 cm³/mol. The van der Waals surface area contributed by atoms with Crippen LogP contribution in [0, 0.1) is 0 Å². The van der Waals surface area contributed by atoms with Gasteiger partial charge in [-0.3, -0.25) is 14.6 Å². The Hall–Kier alpha value is -2.41. The third kappa shape index (κ3) is 6.92. The third-order valence-corrected chi connectivity index (χ3v) is 8.10. The first-order valence-electron chi connectivity index (χ1n) is 12.7. The predicted octanol–water partition coefficient (Wildman–Crippen LogP) is 7.17. The van der Waals surface area contributed by atoms with Crippen molar-refractivity contribution in [2.24, 2.45) is 0 Å². The second-order valence-corrected chi connectivity index (χ2v) is 12.2. The fourth-order valence-electron chi connectivity index (χ4n) is 4.49. The van der Waals surface area contributed by atoms with Crippen molar-refractivity contribution in [2.45, 2.75) is 57.9 Å². The molecule has 4 rings (SSSR count). The third-order valence-electron chi connectivity index (χ3n) is 6.55. The molecular formula is C29H33Cl2N3O2S. The molecule has 0 radical (unpaired) electrons. The summed E-state index contributed by atoms with van der Waals surface area (Å²) < 4.78 is 0. The number of benzene rings is 1. The summed E-state index contributed by atoms with van der Waals surface area (Å²) in [6.45, 7) is 7.64. The van der Waals surface area contributed by atoms with Gasteiger partial charge in [-0.15, -0.1) is 22.9 Å². The van der Waals surface area contributed by atoms with Gasteiger partial charge in [0.2, 0.25) is 5.91 Å². The molecule has 1 aliphatic rings. The molecule has 1 aliphatic heterocycles. The van der Waals surface area contributed by atoms with Gasteiger partial charge in [0, 0.05) is 64.7 Å². The molecule has 0 spiro atoms. The second kappa shape index (κ2) is 12.0. The number of likely N-dealkylation sites (tertiary alicyclic amines) is 1. The summed E-state index contributed by atoms with van der Waals surface area (Å²) in [5.41, 5.74) is 4.74. The van der Waals surface area contributed by atoms with Gasteiger partial charge in [0.05, 0.1) is 5.02 Å². The number of halogens is 2. The Bertz CT molecular complexity index is 1270. The summed E-state index contributed by atoms with van der Waals surface area (Å²) in [5, 5.41) is 5.71. The number of amides is 2. The minimum absolute atomic E-state index is 0.0101. The van der Waals surface area contributed by atoms with Crippen molar-refractivity contribution in [3.05, 3.63) is 64.3 Å². The first-order chi connectivity index (χ1) is 17.7. The van der Waals surface area contributed by atoms with Crippen LogP contribution in [0.15, 0.2) is 48.0 Å². The van der Waals surface area contributed by atoms with Crippen LogP contribution in [0.2, 0.25) is 5.02 Å². The van der Waals surface area contributed by atoms with Gasteiger partial charge in [0.15, 0.2) is 0 Å². The van der Waals surface area contributed by atoms with E-state index in [9.17, 15) is 9.59 Å². The van der Waals surface area contributed by atoms with Crippen molar-refractivity contribution in [1.29, 1.82) is 0 Å². The van der Waals surface area contributed by atoms with E-state index in [-0.39, 0.29) is 23.3 Å². The maximum atomic E-state index is 13.2. The number of hydrogen-bond donors (Lipinski definition) is 1. The number of nitrogens with zero attached hydrogens (tertiary/aromatic N) is 2. The SMILES string of the molecule is CC(C)(C)c1cc(-c2csc(-c3ccc(C(=O)N4CCC[C@@H](NC(=O)CCCCl)C4)cc3Cl)c2)ccn1. The van der Waals surface area contributed by atoms with Crippen molar-refractivity contribution < 1.29 is 9.59 Å². The molecule has 1 fully saturated rings. The molecule has 1 atom stereocenters. The van der Waals surface area contributed by atoms with Crippen LogP contribution in [-0.4, -0.2) is 46.7 Å². The lowest BCUT2D eigenvalue weighted by atomic mass is 9.90. The van der Waals surface area contributed by atoms with Crippen LogP contribution in [0.5, 0.6) is 0 Å². The highest BCUT2D eigenvalue weighted by Crippen LogP contribution is 2.37. The van der Waals surface area contributed by atoms with Gasteiger partial charge in [0.25, 0.3) is 5.91 Å². The molecular weight excluding hydrogens is 525 g/mol.